The van der Waals surface area contributed by atoms with Gasteiger partial charge in [0.1, 0.15) is 5.75 Å². The Morgan fingerprint density at radius 1 is 0.868 bits per heavy atom. The lowest BCUT2D eigenvalue weighted by atomic mass is 9.63. The molecule has 2 aromatic rings. The SMILES string of the molecule is O=C(Oc1ccc(N2C(=O)[C@@H]3[C@H]4C=C[C@@H]([C@@H]5C[C@H]45)[C@H]3C2=O)cc1)[C@H]1CC(=O)N(c2ccc([N+](=O)[O-])cc2)C1. The molecule has 6 aliphatic rings. The maximum atomic E-state index is 13.3. The second-order valence-corrected chi connectivity index (χ2v) is 10.8. The number of nitrogens with zero attached hydrogens (tertiary/aromatic N) is 3. The number of benzene rings is 2. The molecule has 0 aromatic heterocycles. The molecule has 0 radical (unpaired) electrons. The van der Waals surface area contributed by atoms with Crippen molar-refractivity contribution in [2.75, 3.05) is 16.3 Å². The molecular weight excluding hydrogens is 490 g/mol. The van der Waals surface area contributed by atoms with Gasteiger partial charge in [-0.2, -0.15) is 0 Å². The van der Waals surface area contributed by atoms with E-state index < -0.39 is 16.8 Å². The summed E-state index contributed by atoms with van der Waals surface area (Å²) in [6, 6.07) is 11.9. The van der Waals surface area contributed by atoms with E-state index in [-0.39, 0.29) is 65.8 Å². The van der Waals surface area contributed by atoms with Gasteiger partial charge in [-0.05, 0) is 66.5 Å². The number of hydrogen-bond donors (Lipinski definition) is 0. The fourth-order valence-electron chi connectivity index (χ4n) is 6.94. The number of esters is 1. The Labute approximate surface area is 217 Å². The molecule has 7 atom stereocenters. The maximum Gasteiger partial charge on any atom is 0.316 e. The molecule has 2 heterocycles. The Morgan fingerprint density at radius 2 is 1.45 bits per heavy atom. The van der Waals surface area contributed by atoms with Gasteiger partial charge in [0.2, 0.25) is 17.7 Å². The lowest BCUT2D eigenvalue weighted by Gasteiger charge is -2.37. The molecule has 192 valence electrons. The minimum atomic E-state index is -0.698. The molecule has 2 bridgehead atoms. The van der Waals surface area contributed by atoms with Crippen LogP contribution in [0, 0.1) is 51.5 Å². The second-order valence-electron chi connectivity index (χ2n) is 10.8. The van der Waals surface area contributed by atoms with Crippen molar-refractivity contribution in [3.63, 3.8) is 0 Å². The van der Waals surface area contributed by atoms with Gasteiger partial charge in [0.05, 0.1) is 28.4 Å². The molecule has 2 aliphatic heterocycles. The summed E-state index contributed by atoms with van der Waals surface area (Å²) in [6.07, 6.45) is 5.33. The molecule has 0 unspecified atom stereocenters. The largest absolute Gasteiger partial charge is 0.426 e. The number of carbonyl (C=O) groups excluding carboxylic acids is 4. The Bertz CT molecular complexity index is 1400. The minimum Gasteiger partial charge on any atom is -0.426 e. The van der Waals surface area contributed by atoms with Crippen LogP contribution in [0.2, 0.25) is 0 Å². The molecule has 10 heteroatoms. The number of nitro groups is 1. The van der Waals surface area contributed by atoms with E-state index in [9.17, 15) is 29.3 Å². The first-order chi connectivity index (χ1) is 18.3. The van der Waals surface area contributed by atoms with Crippen LogP contribution in [0.3, 0.4) is 0 Å². The van der Waals surface area contributed by atoms with Crippen LogP contribution in [0.1, 0.15) is 12.8 Å². The van der Waals surface area contributed by atoms with Crippen molar-refractivity contribution in [2.24, 2.45) is 41.4 Å². The zero-order chi connectivity index (χ0) is 26.3. The minimum absolute atomic E-state index is 0.0359. The molecule has 0 N–H and O–H groups in total. The van der Waals surface area contributed by atoms with E-state index >= 15 is 0 Å². The van der Waals surface area contributed by atoms with Gasteiger partial charge in [0, 0.05) is 30.8 Å². The number of carbonyl (C=O) groups is 4. The van der Waals surface area contributed by atoms with Gasteiger partial charge in [-0.3, -0.25) is 34.2 Å². The highest BCUT2D eigenvalue weighted by Crippen LogP contribution is 2.65. The van der Waals surface area contributed by atoms with Crippen LogP contribution in [0.15, 0.2) is 60.7 Å². The van der Waals surface area contributed by atoms with Crippen LogP contribution >= 0.6 is 0 Å². The van der Waals surface area contributed by atoms with Crippen LogP contribution in [-0.4, -0.2) is 35.2 Å². The van der Waals surface area contributed by atoms with Crippen molar-refractivity contribution in [1.82, 2.24) is 0 Å². The topological polar surface area (TPSA) is 127 Å². The van der Waals surface area contributed by atoms with E-state index in [2.05, 4.69) is 12.2 Å². The van der Waals surface area contributed by atoms with Crippen molar-refractivity contribution in [1.29, 1.82) is 0 Å². The van der Waals surface area contributed by atoms with Crippen LogP contribution in [0.25, 0.3) is 0 Å². The van der Waals surface area contributed by atoms with Crippen LogP contribution in [0.4, 0.5) is 17.1 Å². The highest BCUT2D eigenvalue weighted by molar-refractivity contribution is 6.22. The molecule has 2 saturated heterocycles. The smallest absolute Gasteiger partial charge is 0.316 e. The fourth-order valence-corrected chi connectivity index (χ4v) is 6.94. The van der Waals surface area contributed by atoms with Gasteiger partial charge in [-0.15, -0.1) is 0 Å². The molecule has 38 heavy (non-hydrogen) atoms. The quantitative estimate of drug-likeness (QED) is 0.150. The van der Waals surface area contributed by atoms with Gasteiger partial charge in [0.25, 0.3) is 5.69 Å². The van der Waals surface area contributed by atoms with Gasteiger partial charge in [0.15, 0.2) is 0 Å². The number of amides is 3. The van der Waals surface area contributed by atoms with E-state index in [1.807, 2.05) is 0 Å². The Morgan fingerprint density at radius 3 is 2.03 bits per heavy atom. The van der Waals surface area contributed by atoms with E-state index in [1.165, 1.54) is 34.1 Å². The molecular formula is C28H23N3O7. The van der Waals surface area contributed by atoms with E-state index in [0.717, 1.165) is 6.42 Å². The van der Waals surface area contributed by atoms with Crippen molar-refractivity contribution in [2.45, 2.75) is 12.8 Å². The number of allylic oxidation sites excluding steroid dienone is 2. The first-order valence-corrected chi connectivity index (χ1v) is 12.7. The summed E-state index contributed by atoms with van der Waals surface area (Å²) in [4.78, 5) is 64.9. The molecule has 4 aliphatic carbocycles. The molecule has 0 spiro atoms. The molecule has 4 fully saturated rings. The third kappa shape index (κ3) is 3.32. The number of anilines is 2. The highest BCUT2D eigenvalue weighted by Gasteiger charge is 2.67. The Kier molecular flexibility index (Phi) is 4.85. The van der Waals surface area contributed by atoms with Crippen LogP contribution < -0.4 is 14.5 Å². The average Bonchev–Trinajstić information content (AvgIpc) is 3.59. The lowest BCUT2D eigenvalue weighted by Crippen LogP contribution is -2.40. The Balaban J connectivity index is 1.02. The summed E-state index contributed by atoms with van der Waals surface area (Å²) in [5.74, 6) is -0.789. The molecule has 2 aromatic carbocycles. The summed E-state index contributed by atoms with van der Waals surface area (Å²) < 4.78 is 5.51. The fraction of sp³-hybridized carbons (Fsp3) is 0.357. The van der Waals surface area contributed by atoms with Crippen molar-refractivity contribution in [3.05, 3.63) is 70.8 Å². The first kappa shape index (κ1) is 22.8. The normalized spacial score (nSPS) is 32.4. The predicted octanol–water partition coefficient (Wildman–Crippen LogP) is 3.11. The lowest BCUT2D eigenvalue weighted by molar-refractivity contribution is -0.384. The second kappa shape index (κ2) is 8.08. The van der Waals surface area contributed by atoms with Crippen molar-refractivity contribution < 1.29 is 28.8 Å². The summed E-state index contributed by atoms with van der Waals surface area (Å²) >= 11 is 0. The maximum absolute atomic E-state index is 13.3. The standard InChI is InChI=1S/C28H23N3O7/c32-23-11-14(13-29(23)15-1-3-17(4-2-15)31(36)37)28(35)38-18-7-5-16(6-8-18)30-26(33)24-19-9-10-20(22-12-21(19)22)25(24)27(30)34/h1-10,14,19-22,24-25H,11-13H2/t14-,19-,20-,21-,22+,24+,25+/m0/s1. The summed E-state index contributed by atoms with van der Waals surface area (Å²) in [6.45, 7) is 0.103. The van der Waals surface area contributed by atoms with Gasteiger partial charge in [-0.25, -0.2) is 0 Å². The summed E-state index contributed by atoms with van der Waals surface area (Å²) in [5, 5.41) is 10.9. The molecule has 2 saturated carbocycles. The van der Waals surface area contributed by atoms with Gasteiger partial charge < -0.3 is 9.64 Å². The van der Waals surface area contributed by atoms with Gasteiger partial charge in [-0.1, -0.05) is 12.2 Å². The van der Waals surface area contributed by atoms with Crippen LogP contribution in [0.5, 0.6) is 5.75 Å². The summed E-state index contributed by atoms with van der Waals surface area (Å²) in [7, 11) is 0. The molecule has 3 amide bonds. The molecule has 8 rings (SSSR count). The number of imide groups is 1. The first-order valence-electron chi connectivity index (χ1n) is 12.7. The number of rotatable bonds is 5. The summed E-state index contributed by atoms with van der Waals surface area (Å²) in [5.41, 5.74) is 0.848. The number of hydrogen-bond acceptors (Lipinski definition) is 7. The monoisotopic (exact) mass is 513 g/mol. The predicted molar refractivity (Wildman–Crippen MR) is 133 cm³/mol. The van der Waals surface area contributed by atoms with Crippen molar-refractivity contribution in [3.8, 4) is 5.75 Å². The van der Waals surface area contributed by atoms with Gasteiger partial charge >= 0.3 is 5.97 Å². The Hall–Kier alpha value is -4.34. The number of nitro benzene ring substituents is 1. The average molecular weight is 514 g/mol. The van der Waals surface area contributed by atoms with Crippen molar-refractivity contribution >= 4 is 40.8 Å². The zero-order valence-electron chi connectivity index (χ0n) is 20.1. The third-order valence-corrected chi connectivity index (χ3v) is 8.81. The molecule has 10 nitrogen and oxygen atoms in total. The zero-order valence-corrected chi connectivity index (χ0v) is 20.1. The van der Waals surface area contributed by atoms with Crippen LogP contribution in [-0.2, 0) is 19.2 Å². The van der Waals surface area contributed by atoms with E-state index in [4.69, 9.17) is 4.74 Å². The third-order valence-electron chi connectivity index (χ3n) is 8.81. The highest BCUT2D eigenvalue weighted by atomic mass is 16.6. The number of ether oxygens (including phenoxy) is 1. The van der Waals surface area contributed by atoms with E-state index in [0.29, 0.717) is 23.2 Å². The number of non-ortho nitro benzene ring substituents is 1. The van der Waals surface area contributed by atoms with E-state index in [1.54, 1.807) is 24.3 Å².